The van der Waals surface area contributed by atoms with Gasteiger partial charge in [0.05, 0.1) is 25.9 Å². The second-order valence-electron chi connectivity index (χ2n) is 7.04. The molecule has 0 saturated carbocycles. The summed E-state index contributed by atoms with van der Waals surface area (Å²) in [4.78, 5) is 14.7. The van der Waals surface area contributed by atoms with Gasteiger partial charge in [-0.15, -0.1) is 0 Å². The highest BCUT2D eigenvalue weighted by atomic mass is 16.5. The number of amides is 1. The first-order valence-corrected chi connectivity index (χ1v) is 9.17. The van der Waals surface area contributed by atoms with Crippen LogP contribution >= 0.6 is 0 Å². The molecule has 0 bridgehead atoms. The van der Waals surface area contributed by atoms with Crippen molar-refractivity contribution in [2.75, 3.05) is 26.6 Å². The molecule has 0 aliphatic carbocycles. The number of carbonyl (C=O) groups is 1. The van der Waals surface area contributed by atoms with E-state index in [9.17, 15) is 4.79 Å². The van der Waals surface area contributed by atoms with Crippen LogP contribution in [0.25, 0.3) is 0 Å². The maximum atomic E-state index is 12.7. The molecule has 27 heavy (non-hydrogen) atoms. The zero-order chi connectivity index (χ0) is 20.0. The highest BCUT2D eigenvalue weighted by Crippen LogP contribution is 2.29. The van der Waals surface area contributed by atoms with Crippen molar-refractivity contribution in [2.24, 2.45) is 0 Å². The van der Waals surface area contributed by atoms with Crippen LogP contribution in [0.5, 0.6) is 11.5 Å². The predicted octanol–water partition coefficient (Wildman–Crippen LogP) is 4.29. The van der Waals surface area contributed by atoms with Crippen molar-refractivity contribution in [1.29, 1.82) is 0 Å². The Morgan fingerprint density at radius 3 is 2.26 bits per heavy atom. The van der Waals surface area contributed by atoms with Gasteiger partial charge in [-0.05, 0) is 43.1 Å². The number of likely N-dealkylation sites (N-methyl/N-ethyl adjacent to an activating group) is 1. The number of carbonyl (C=O) groups excluding carboxylic acids is 1. The van der Waals surface area contributed by atoms with Gasteiger partial charge in [0.25, 0.3) is 0 Å². The fraction of sp³-hybridized carbons (Fsp3) is 0.409. The van der Waals surface area contributed by atoms with E-state index in [0.717, 1.165) is 0 Å². The van der Waals surface area contributed by atoms with Crippen molar-refractivity contribution in [2.45, 2.75) is 39.3 Å². The van der Waals surface area contributed by atoms with Crippen molar-refractivity contribution in [3.8, 4) is 11.5 Å². The molecule has 0 aromatic heterocycles. The van der Waals surface area contributed by atoms with Crippen LogP contribution in [0, 0.1) is 0 Å². The molecule has 146 valence electrons. The third-order valence-electron chi connectivity index (χ3n) is 4.78. The average Bonchev–Trinajstić information content (AvgIpc) is 2.67. The Labute approximate surface area is 162 Å². The molecule has 1 N–H and O–H groups in total. The van der Waals surface area contributed by atoms with Gasteiger partial charge in [0.2, 0.25) is 5.91 Å². The molecule has 0 heterocycles. The fourth-order valence-corrected chi connectivity index (χ4v) is 2.78. The largest absolute Gasteiger partial charge is 0.497 e. The lowest BCUT2D eigenvalue weighted by molar-refractivity contribution is -0.120. The second kappa shape index (κ2) is 9.42. The summed E-state index contributed by atoms with van der Waals surface area (Å²) in [6, 6.07) is 13.6. The molecular formula is C22H30N2O3. The minimum absolute atomic E-state index is 0.0946. The number of anilines is 1. The van der Waals surface area contributed by atoms with Gasteiger partial charge in [-0.3, -0.25) is 9.69 Å². The minimum Gasteiger partial charge on any atom is -0.497 e. The molecule has 2 rings (SSSR count). The van der Waals surface area contributed by atoms with Crippen molar-refractivity contribution in [1.82, 2.24) is 4.90 Å². The number of benzene rings is 2. The van der Waals surface area contributed by atoms with E-state index in [1.807, 2.05) is 18.9 Å². The number of methoxy groups -OCH3 is 2. The molecule has 1 unspecified atom stereocenters. The van der Waals surface area contributed by atoms with Crippen molar-refractivity contribution in [3.63, 3.8) is 0 Å². The van der Waals surface area contributed by atoms with E-state index in [1.54, 1.807) is 32.4 Å². The summed E-state index contributed by atoms with van der Waals surface area (Å²) in [5.74, 6) is 1.68. The van der Waals surface area contributed by atoms with Gasteiger partial charge in [-0.2, -0.15) is 0 Å². The minimum atomic E-state index is -0.300. The van der Waals surface area contributed by atoms with E-state index < -0.39 is 0 Å². The van der Waals surface area contributed by atoms with Gasteiger partial charge in [0, 0.05) is 12.6 Å². The van der Waals surface area contributed by atoms with Gasteiger partial charge in [0.1, 0.15) is 11.5 Å². The summed E-state index contributed by atoms with van der Waals surface area (Å²) < 4.78 is 10.6. The SMILES string of the molecule is COc1ccc(OC)c(NC(=O)C(C)N(C)Cc2ccc(C(C)C)cc2)c1. The highest BCUT2D eigenvalue weighted by molar-refractivity contribution is 5.96. The van der Waals surface area contributed by atoms with E-state index in [0.29, 0.717) is 29.6 Å². The van der Waals surface area contributed by atoms with Crippen LogP contribution in [0.4, 0.5) is 5.69 Å². The van der Waals surface area contributed by atoms with Gasteiger partial charge in [-0.1, -0.05) is 38.1 Å². The highest BCUT2D eigenvalue weighted by Gasteiger charge is 2.20. The smallest absolute Gasteiger partial charge is 0.241 e. The summed E-state index contributed by atoms with van der Waals surface area (Å²) >= 11 is 0. The standard InChI is InChI=1S/C22H30N2O3/c1-15(2)18-9-7-17(8-10-18)14-24(4)16(3)22(25)23-20-13-19(26-5)11-12-21(20)27-6/h7-13,15-16H,14H2,1-6H3,(H,23,25). The van der Waals surface area contributed by atoms with Crippen LogP contribution in [0.15, 0.2) is 42.5 Å². The zero-order valence-electron chi connectivity index (χ0n) is 17.1. The molecule has 0 spiro atoms. The first-order valence-electron chi connectivity index (χ1n) is 9.17. The van der Waals surface area contributed by atoms with Gasteiger partial charge >= 0.3 is 0 Å². The van der Waals surface area contributed by atoms with Crippen LogP contribution < -0.4 is 14.8 Å². The van der Waals surface area contributed by atoms with Gasteiger partial charge < -0.3 is 14.8 Å². The Bertz CT molecular complexity index is 757. The molecular weight excluding hydrogens is 340 g/mol. The van der Waals surface area contributed by atoms with Crippen LogP contribution in [0.3, 0.4) is 0 Å². The molecule has 1 atom stereocenters. The Morgan fingerprint density at radius 1 is 1.04 bits per heavy atom. The normalized spacial score (nSPS) is 12.1. The maximum Gasteiger partial charge on any atom is 0.241 e. The Balaban J connectivity index is 2.03. The topological polar surface area (TPSA) is 50.8 Å². The number of hydrogen-bond donors (Lipinski definition) is 1. The molecule has 2 aromatic carbocycles. The zero-order valence-corrected chi connectivity index (χ0v) is 17.1. The molecule has 5 heteroatoms. The number of ether oxygens (including phenoxy) is 2. The summed E-state index contributed by atoms with van der Waals surface area (Å²) in [6.45, 7) is 6.95. The Hall–Kier alpha value is -2.53. The monoisotopic (exact) mass is 370 g/mol. The van der Waals surface area contributed by atoms with Crippen molar-refractivity contribution >= 4 is 11.6 Å². The first kappa shape index (κ1) is 20.8. The average molecular weight is 370 g/mol. The Morgan fingerprint density at radius 2 is 1.70 bits per heavy atom. The van der Waals surface area contributed by atoms with E-state index in [4.69, 9.17) is 9.47 Å². The van der Waals surface area contributed by atoms with Gasteiger partial charge in [0.15, 0.2) is 0 Å². The third-order valence-corrected chi connectivity index (χ3v) is 4.78. The number of rotatable bonds is 8. The van der Waals surface area contributed by atoms with Gasteiger partial charge in [-0.25, -0.2) is 0 Å². The fourth-order valence-electron chi connectivity index (χ4n) is 2.78. The third kappa shape index (κ3) is 5.47. The molecule has 5 nitrogen and oxygen atoms in total. The van der Waals surface area contributed by atoms with E-state index in [1.165, 1.54) is 11.1 Å². The van der Waals surface area contributed by atoms with E-state index in [-0.39, 0.29) is 11.9 Å². The summed E-state index contributed by atoms with van der Waals surface area (Å²) in [7, 11) is 5.12. The van der Waals surface area contributed by atoms with Crippen LogP contribution in [0.1, 0.15) is 37.8 Å². The van der Waals surface area contributed by atoms with Crippen LogP contribution in [-0.2, 0) is 11.3 Å². The maximum absolute atomic E-state index is 12.7. The summed E-state index contributed by atoms with van der Waals surface area (Å²) in [6.07, 6.45) is 0. The predicted molar refractivity (Wildman–Crippen MR) is 110 cm³/mol. The molecule has 2 aromatic rings. The van der Waals surface area contributed by atoms with Crippen molar-refractivity contribution < 1.29 is 14.3 Å². The molecule has 0 radical (unpaired) electrons. The van der Waals surface area contributed by atoms with Crippen LogP contribution in [-0.4, -0.2) is 38.1 Å². The van der Waals surface area contributed by atoms with Crippen LogP contribution in [0.2, 0.25) is 0 Å². The Kier molecular flexibility index (Phi) is 7.25. The summed E-state index contributed by atoms with van der Waals surface area (Å²) in [5, 5.41) is 2.94. The lowest BCUT2D eigenvalue weighted by atomic mass is 10.0. The second-order valence-corrected chi connectivity index (χ2v) is 7.04. The van der Waals surface area contributed by atoms with E-state index in [2.05, 4.69) is 43.4 Å². The van der Waals surface area contributed by atoms with E-state index >= 15 is 0 Å². The lowest BCUT2D eigenvalue weighted by Crippen LogP contribution is -2.39. The molecule has 0 saturated heterocycles. The number of hydrogen-bond acceptors (Lipinski definition) is 4. The summed E-state index contributed by atoms with van der Waals surface area (Å²) in [5.41, 5.74) is 3.10. The number of nitrogens with zero attached hydrogens (tertiary/aromatic N) is 1. The lowest BCUT2D eigenvalue weighted by Gasteiger charge is -2.24. The molecule has 0 fully saturated rings. The molecule has 0 aliphatic rings. The molecule has 1 amide bonds. The number of nitrogens with one attached hydrogen (secondary N) is 1. The first-order chi connectivity index (χ1) is 12.8. The molecule has 0 aliphatic heterocycles. The quantitative estimate of drug-likeness (QED) is 0.753. The van der Waals surface area contributed by atoms with Crippen molar-refractivity contribution in [3.05, 3.63) is 53.6 Å².